The number of carbonyl (C=O) groups is 2. The maximum atomic E-state index is 12.2. The molecule has 1 heterocycles. The third kappa shape index (κ3) is 3.75. The second-order valence-electron chi connectivity index (χ2n) is 5.17. The molecule has 0 bridgehead atoms. The van der Waals surface area contributed by atoms with Crippen LogP contribution in [-0.4, -0.2) is 30.1 Å². The van der Waals surface area contributed by atoms with E-state index >= 15 is 0 Å². The first kappa shape index (κ1) is 15.8. The van der Waals surface area contributed by atoms with Gasteiger partial charge in [0.05, 0.1) is 13.5 Å². The van der Waals surface area contributed by atoms with Crippen LogP contribution in [0.1, 0.15) is 22.5 Å². The maximum absolute atomic E-state index is 12.2. The summed E-state index contributed by atoms with van der Waals surface area (Å²) in [5.74, 6) is -0.544. The molecule has 0 unspecified atom stereocenters. The summed E-state index contributed by atoms with van der Waals surface area (Å²) in [5.41, 5.74) is 3.80. The van der Waals surface area contributed by atoms with E-state index in [-0.39, 0.29) is 24.8 Å². The molecule has 2 aromatic rings. The Morgan fingerprint density at radius 1 is 1.18 bits per heavy atom. The minimum atomic E-state index is -0.340. The van der Waals surface area contributed by atoms with Crippen molar-refractivity contribution in [2.75, 3.05) is 13.7 Å². The van der Waals surface area contributed by atoms with E-state index in [0.717, 1.165) is 11.1 Å². The Kier molecular flexibility index (Phi) is 4.99. The zero-order chi connectivity index (χ0) is 16.1. The summed E-state index contributed by atoms with van der Waals surface area (Å²) in [4.78, 5) is 23.2. The SMILES string of the molecule is COC(=O)CCNC(=O)c1cc(-c2ccc(C)cc2)cn1C. The molecular weight excluding hydrogens is 280 g/mol. The van der Waals surface area contributed by atoms with Gasteiger partial charge in [-0.3, -0.25) is 9.59 Å². The van der Waals surface area contributed by atoms with Gasteiger partial charge < -0.3 is 14.6 Å². The van der Waals surface area contributed by atoms with Gasteiger partial charge in [-0.25, -0.2) is 0 Å². The number of aromatic nitrogens is 1. The van der Waals surface area contributed by atoms with Gasteiger partial charge >= 0.3 is 5.97 Å². The number of rotatable bonds is 5. The monoisotopic (exact) mass is 300 g/mol. The smallest absolute Gasteiger partial charge is 0.307 e. The summed E-state index contributed by atoms with van der Waals surface area (Å²) >= 11 is 0. The van der Waals surface area contributed by atoms with Crippen LogP contribution in [0.4, 0.5) is 0 Å². The number of hydrogen-bond acceptors (Lipinski definition) is 3. The molecule has 22 heavy (non-hydrogen) atoms. The summed E-state index contributed by atoms with van der Waals surface area (Å²) in [6, 6.07) is 9.99. The number of hydrogen-bond donors (Lipinski definition) is 1. The van der Waals surface area contributed by atoms with Crippen molar-refractivity contribution in [3.05, 3.63) is 47.8 Å². The number of nitrogens with zero attached hydrogens (tertiary/aromatic N) is 1. The molecule has 2 rings (SSSR count). The number of esters is 1. The quantitative estimate of drug-likeness (QED) is 0.862. The highest BCUT2D eigenvalue weighted by Gasteiger charge is 2.13. The highest BCUT2D eigenvalue weighted by atomic mass is 16.5. The van der Waals surface area contributed by atoms with Gasteiger partial charge in [-0.05, 0) is 18.6 Å². The number of ether oxygens (including phenoxy) is 1. The van der Waals surface area contributed by atoms with E-state index < -0.39 is 0 Å². The van der Waals surface area contributed by atoms with Crippen molar-refractivity contribution in [2.45, 2.75) is 13.3 Å². The Balaban J connectivity index is 2.07. The Hall–Kier alpha value is -2.56. The van der Waals surface area contributed by atoms with E-state index in [0.29, 0.717) is 5.69 Å². The highest BCUT2D eigenvalue weighted by molar-refractivity contribution is 5.94. The van der Waals surface area contributed by atoms with Crippen LogP contribution < -0.4 is 5.32 Å². The second kappa shape index (κ2) is 6.93. The molecule has 0 fully saturated rings. The van der Waals surface area contributed by atoms with Gasteiger partial charge in [-0.2, -0.15) is 0 Å². The minimum Gasteiger partial charge on any atom is -0.469 e. The van der Waals surface area contributed by atoms with E-state index in [9.17, 15) is 9.59 Å². The van der Waals surface area contributed by atoms with Crippen LogP contribution in [0.25, 0.3) is 11.1 Å². The molecule has 116 valence electrons. The second-order valence-corrected chi connectivity index (χ2v) is 5.17. The normalized spacial score (nSPS) is 10.3. The summed E-state index contributed by atoms with van der Waals surface area (Å²) in [6.07, 6.45) is 2.08. The molecule has 0 aliphatic carbocycles. The zero-order valence-corrected chi connectivity index (χ0v) is 13.1. The Morgan fingerprint density at radius 2 is 1.86 bits per heavy atom. The van der Waals surface area contributed by atoms with Crippen molar-refractivity contribution in [3.8, 4) is 11.1 Å². The molecule has 0 aliphatic heterocycles. The van der Waals surface area contributed by atoms with Gasteiger partial charge in [-0.1, -0.05) is 29.8 Å². The van der Waals surface area contributed by atoms with Crippen molar-refractivity contribution in [2.24, 2.45) is 7.05 Å². The van der Waals surface area contributed by atoms with Gasteiger partial charge in [0.25, 0.3) is 5.91 Å². The van der Waals surface area contributed by atoms with Gasteiger partial charge in [0, 0.05) is 25.4 Å². The molecule has 1 aromatic heterocycles. The minimum absolute atomic E-state index is 0.164. The number of methoxy groups -OCH3 is 1. The lowest BCUT2D eigenvalue weighted by molar-refractivity contribution is -0.140. The third-order valence-corrected chi connectivity index (χ3v) is 3.46. The van der Waals surface area contributed by atoms with Gasteiger partial charge in [0.1, 0.15) is 5.69 Å². The topological polar surface area (TPSA) is 60.3 Å². The summed E-state index contributed by atoms with van der Waals surface area (Å²) in [6.45, 7) is 2.30. The molecule has 5 heteroatoms. The fourth-order valence-electron chi connectivity index (χ4n) is 2.16. The van der Waals surface area contributed by atoms with Crippen LogP contribution in [0.5, 0.6) is 0 Å². The molecular formula is C17H20N2O3. The number of aryl methyl sites for hydroxylation is 2. The lowest BCUT2D eigenvalue weighted by Gasteiger charge is -2.04. The zero-order valence-electron chi connectivity index (χ0n) is 13.1. The van der Waals surface area contributed by atoms with Crippen LogP contribution >= 0.6 is 0 Å². The van der Waals surface area contributed by atoms with Crippen LogP contribution in [0.15, 0.2) is 36.5 Å². The molecule has 5 nitrogen and oxygen atoms in total. The van der Waals surface area contributed by atoms with Crippen molar-refractivity contribution in [3.63, 3.8) is 0 Å². The van der Waals surface area contributed by atoms with Gasteiger partial charge in [0.2, 0.25) is 0 Å². The van der Waals surface area contributed by atoms with Crippen molar-refractivity contribution >= 4 is 11.9 Å². The van der Waals surface area contributed by atoms with E-state index in [1.165, 1.54) is 12.7 Å². The maximum Gasteiger partial charge on any atom is 0.307 e. The first-order valence-electron chi connectivity index (χ1n) is 7.09. The standard InChI is InChI=1S/C17H20N2O3/c1-12-4-6-13(7-5-12)14-10-15(19(2)11-14)17(21)18-9-8-16(20)22-3/h4-7,10-11H,8-9H2,1-3H3,(H,18,21). The number of benzene rings is 1. The fourth-order valence-corrected chi connectivity index (χ4v) is 2.16. The lowest BCUT2D eigenvalue weighted by Crippen LogP contribution is -2.27. The predicted molar refractivity (Wildman–Crippen MR) is 84.6 cm³/mol. The Bertz CT molecular complexity index is 672. The average molecular weight is 300 g/mol. The summed E-state index contributed by atoms with van der Waals surface area (Å²) in [7, 11) is 3.15. The fraction of sp³-hybridized carbons (Fsp3) is 0.294. The largest absolute Gasteiger partial charge is 0.469 e. The van der Waals surface area contributed by atoms with Crippen LogP contribution in [0.3, 0.4) is 0 Å². The van der Waals surface area contributed by atoms with E-state index in [1.807, 2.05) is 50.5 Å². The number of nitrogens with one attached hydrogen (secondary N) is 1. The Morgan fingerprint density at radius 3 is 2.50 bits per heavy atom. The third-order valence-electron chi connectivity index (χ3n) is 3.46. The van der Waals surface area contributed by atoms with Crippen molar-refractivity contribution in [1.29, 1.82) is 0 Å². The molecule has 1 amide bonds. The highest BCUT2D eigenvalue weighted by Crippen LogP contribution is 2.22. The predicted octanol–water partition coefficient (Wildman–Crippen LogP) is 2.29. The molecule has 0 atom stereocenters. The van der Waals surface area contributed by atoms with Gasteiger partial charge in [0.15, 0.2) is 0 Å². The summed E-state index contributed by atoms with van der Waals surface area (Å²) < 4.78 is 6.32. The van der Waals surface area contributed by atoms with Crippen LogP contribution in [-0.2, 0) is 16.6 Å². The van der Waals surface area contributed by atoms with E-state index in [2.05, 4.69) is 10.1 Å². The first-order chi connectivity index (χ1) is 10.5. The molecule has 0 saturated heterocycles. The van der Waals surface area contributed by atoms with Crippen molar-refractivity contribution in [1.82, 2.24) is 9.88 Å². The number of amides is 1. The van der Waals surface area contributed by atoms with Crippen LogP contribution in [0.2, 0.25) is 0 Å². The molecule has 0 aliphatic rings. The van der Waals surface area contributed by atoms with Crippen molar-refractivity contribution < 1.29 is 14.3 Å². The number of carbonyl (C=O) groups excluding carboxylic acids is 2. The Labute approximate surface area is 129 Å². The van der Waals surface area contributed by atoms with Crippen LogP contribution in [0, 0.1) is 6.92 Å². The molecule has 1 N–H and O–H groups in total. The average Bonchev–Trinajstić information content (AvgIpc) is 2.89. The molecule has 0 spiro atoms. The molecule has 0 radical (unpaired) electrons. The van der Waals surface area contributed by atoms with E-state index in [4.69, 9.17) is 0 Å². The van der Waals surface area contributed by atoms with Gasteiger partial charge in [-0.15, -0.1) is 0 Å². The summed E-state index contributed by atoms with van der Waals surface area (Å²) in [5, 5.41) is 2.72. The lowest BCUT2D eigenvalue weighted by atomic mass is 10.1. The first-order valence-corrected chi connectivity index (χ1v) is 7.09. The molecule has 1 aromatic carbocycles. The van der Waals surface area contributed by atoms with E-state index in [1.54, 1.807) is 4.57 Å². The molecule has 0 saturated carbocycles.